The molecule has 0 N–H and O–H groups in total. The monoisotopic (exact) mass is 297 g/mol. The molecule has 0 aromatic carbocycles. The van der Waals surface area contributed by atoms with E-state index in [0.29, 0.717) is 25.8 Å². The molecule has 2 aliphatic rings. The van der Waals surface area contributed by atoms with Gasteiger partial charge in [-0.1, -0.05) is 0 Å². The number of likely N-dealkylation sites (N-methyl/N-ethyl adjacent to an activating group) is 1. The number of hydrogen-bond acceptors (Lipinski definition) is 4. The van der Waals surface area contributed by atoms with E-state index in [1.54, 1.807) is 4.90 Å². The Morgan fingerprint density at radius 2 is 2.24 bits per heavy atom. The third kappa shape index (κ3) is 2.75. The molecule has 3 heterocycles. The van der Waals surface area contributed by atoms with E-state index in [2.05, 4.69) is 9.88 Å². The van der Waals surface area contributed by atoms with Crippen LogP contribution in [0.15, 0.2) is 12.3 Å². The molecule has 0 bridgehead atoms. The summed E-state index contributed by atoms with van der Waals surface area (Å²) in [6.45, 7) is 2.41. The number of nitrogens with zero attached hydrogens (tertiary/aromatic N) is 3. The van der Waals surface area contributed by atoms with Crippen molar-refractivity contribution in [2.24, 2.45) is 0 Å². The minimum atomic E-state index is -0.924. The molecule has 1 aromatic rings. The van der Waals surface area contributed by atoms with Crippen LogP contribution in [0, 0.1) is 11.6 Å². The SMILES string of the molecule is CN1CC[C@H]2OCCN(C(=O)c3ncc(F)cc3F)[C@@H]2C1. The fourth-order valence-electron chi connectivity index (χ4n) is 2.99. The van der Waals surface area contributed by atoms with Crippen LogP contribution in [0.2, 0.25) is 0 Å². The Morgan fingerprint density at radius 1 is 1.43 bits per heavy atom. The zero-order valence-corrected chi connectivity index (χ0v) is 11.8. The standard InChI is InChI=1S/C14H17F2N3O2/c1-18-3-2-12-11(8-18)19(4-5-21-12)14(20)13-10(16)6-9(15)7-17-13/h6-7,11-12H,2-5,8H2,1H3/t11-,12-/m1/s1. The molecule has 5 nitrogen and oxygen atoms in total. The Morgan fingerprint density at radius 3 is 3.00 bits per heavy atom. The fourth-order valence-corrected chi connectivity index (χ4v) is 2.99. The lowest BCUT2D eigenvalue weighted by atomic mass is 9.98. The first-order valence-corrected chi connectivity index (χ1v) is 6.98. The van der Waals surface area contributed by atoms with Crippen LogP contribution in [-0.4, -0.2) is 66.1 Å². The maximum Gasteiger partial charge on any atom is 0.275 e. The molecule has 0 unspecified atom stereocenters. The average molecular weight is 297 g/mol. The summed E-state index contributed by atoms with van der Waals surface area (Å²) in [5.74, 6) is -2.21. The first-order chi connectivity index (χ1) is 10.1. The Kier molecular flexibility index (Phi) is 3.86. The number of pyridine rings is 1. The highest BCUT2D eigenvalue weighted by Crippen LogP contribution is 2.24. The molecular formula is C14H17F2N3O2. The highest BCUT2D eigenvalue weighted by Gasteiger charge is 2.39. The first kappa shape index (κ1) is 14.3. The van der Waals surface area contributed by atoms with Crippen molar-refractivity contribution < 1.29 is 18.3 Å². The van der Waals surface area contributed by atoms with E-state index in [1.807, 2.05) is 7.05 Å². The summed E-state index contributed by atoms with van der Waals surface area (Å²) in [6, 6.07) is 0.571. The van der Waals surface area contributed by atoms with Gasteiger partial charge in [-0.15, -0.1) is 0 Å². The predicted octanol–water partition coefficient (Wildman–Crippen LogP) is 0.905. The minimum absolute atomic E-state index is 0.0255. The third-order valence-electron chi connectivity index (χ3n) is 4.06. The average Bonchev–Trinajstić information content (AvgIpc) is 2.46. The van der Waals surface area contributed by atoms with Gasteiger partial charge >= 0.3 is 0 Å². The van der Waals surface area contributed by atoms with Crippen LogP contribution in [0.25, 0.3) is 0 Å². The topological polar surface area (TPSA) is 45.7 Å². The molecule has 3 rings (SSSR count). The van der Waals surface area contributed by atoms with Crippen LogP contribution >= 0.6 is 0 Å². The number of rotatable bonds is 1. The molecule has 0 saturated carbocycles. The van der Waals surface area contributed by atoms with E-state index in [4.69, 9.17) is 4.74 Å². The Hall–Kier alpha value is -1.60. The number of morpholine rings is 1. The van der Waals surface area contributed by atoms with Crippen molar-refractivity contribution in [3.05, 3.63) is 29.6 Å². The number of piperidine rings is 1. The number of hydrogen-bond donors (Lipinski definition) is 0. The fraction of sp³-hybridized carbons (Fsp3) is 0.571. The third-order valence-corrected chi connectivity index (χ3v) is 4.06. The molecule has 0 spiro atoms. The van der Waals surface area contributed by atoms with Gasteiger partial charge < -0.3 is 14.5 Å². The number of fused-ring (bicyclic) bond motifs is 1. The summed E-state index contributed by atoms with van der Waals surface area (Å²) in [5.41, 5.74) is -0.328. The van der Waals surface area contributed by atoms with Crippen molar-refractivity contribution in [1.82, 2.24) is 14.8 Å². The van der Waals surface area contributed by atoms with Gasteiger partial charge in [0.1, 0.15) is 5.82 Å². The number of likely N-dealkylation sites (tertiary alicyclic amines) is 1. The van der Waals surface area contributed by atoms with Gasteiger partial charge in [-0.2, -0.15) is 0 Å². The molecule has 0 radical (unpaired) electrons. The molecule has 2 atom stereocenters. The molecule has 0 aliphatic carbocycles. The predicted molar refractivity (Wildman–Crippen MR) is 70.8 cm³/mol. The van der Waals surface area contributed by atoms with Crippen molar-refractivity contribution in [2.45, 2.75) is 18.6 Å². The zero-order chi connectivity index (χ0) is 15.0. The molecule has 114 valence electrons. The van der Waals surface area contributed by atoms with E-state index in [0.717, 1.165) is 19.2 Å². The zero-order valence-electron chi connectivity index (χ0n) is 11.8. The molecule has 2 fully saturated rings. The van der Waals surface area contributed by atoms with E-state index < -0.39 is 17.5 Å². The van der Waals surface area contributed by atoms with Gasteiger partial charge in [-0.05, 0) is 13.5 Å². The van der Waals surface area contributed by atoms with Gasteiger partial charge in [-0.25, -0.2) is 13.8 Å². The smallest absolute Gasteiger partial charge is 0.275 e. The molecule has 21 heavy (non-hydrogen) atoms. The normalized spacial score (nSPS) is 26.5. The van der Waals surface area contributed by atoms with E-state index in [1.165, 1.54) is 0 Å². The van der Waals surface area contributed by atoms with Gasteiger partial charge in [-0.3, -0.25) is 4.79 Å². The van der Waals surface area contributed by atoms with Crippen LogP contribution in [0.3, 0.4) is 0 Å². The lowest BCUT2D eigenvalue weighted by Crippen LogP contribution is -2.60. The summed E-state index contributed by atoms with van der Waals surface area (Å²) in [4.78, 5) is 19.9. The van der Waals surface area contributed by atoms with Gasteiger partial charge in [0.2, 0.25) is 0 Å². The molecule has 7 heteroatoms. The second kappa shape index (κ2) is 5.65. The molecule has 2 saturated heterocycles. The summed E-state index contributed by atoms with van der Waals surface area (Å²) < 4.78 is 32.4. The highest BCUT2D eigenvalue weighted by atomic mass is 19.1. The van der Waals surface area contributed by atoms with Crippen LogP contribution in [0.1, 0.15) is 16.9 Å². The van der Waals surface area contributed by atoms with Crippen molar-refractivity contribution >= 4 is 5.91 Å². The van der Waals surface area contributed by atoms with Gasteiger partial charge in [0.05, 0.1) is 24.9 Å². The summed E-state index contributed by atoms with van der Waals surface area (Å²) in [7, 11) is 1.98. The second-order valence-electron chi connectivity index (χ2n) is 5.51. The first-order valence-electron chi connectivity index (χ1n) is 6.98. The van der Waals surface area contributed by atoms with E-state index >= 15 is 0 Å². The van der Waals surface area contributed by atoms with Crippen molar-refractivity contribution in [3.63, 3.8) is 0 Å². The summed E-state index contributed by atoms with van der Waals surface area (Å²) in [5, 5.41) is 0. The Labute approximate surface area is 121 Å². The number of ether oxygens (including phenoxy) is 1. The molecule has 1 amide bonds. The van der Waals surface area contributed by atoms with Crippen LogP contribution in [0.4, 0.5) is 8.78 Å². The number of carbonyl (C=O) groups excluding carboxylic acids is 1. The maximum absolute atomic E-state index is 13.8. The number of carbonyl (C=O) groups is 1. The quantitative estimate of drug-likeness (QED) is 0.773. The van der Waals surface area contributed by atoms with Crippen LogP contribution < -0.4 is 0 Å². The van der Waals surface area contributed by atoms with Crippen LogP contribution in [-0.2, 0) is 4.74 Å². The Balaban J connectivity index is 1.85. The van der Waals surface area contributed by atoms with Crippen molar-refractivity contribution in [1.29, 1.82) is 0 Å². The van der Waals surface area contributed by atoms with Crippen molar-refractivity contribution in [3.8, 4) is 0 Å². The van der Waals surface area contributed by atoms with Crippen molar-refractivity contribution in [2.75, 3.05) is 33.3 Å². The minimum Gasteiger partial charge on any atom is -0.374 e. The van der Waals surface area contributed by atoms with Gasteiger partial charge in [0, 0.05) is 25.7 Å². The maximum atomic E-state index is 13.8. The highest BCUT2D eigenvalue weighted by molar-refractivity contribution is 5.92. The van der Waals surface area contributed by atoms with E-state index in [-0.39, 0.29) is 17.8 Å². The summed E-state index contributed by atoms with van der Waals surface area (Å²) >= 11 is 0. The lowest BCUT2D eigenvalue weighted by molar-refractivity contribution is -0.0872. The van der Waals surface area contributed by atoms with Gasteiger partial charge in [0.25, 0.3) is 5.91 Å². The molecule has 2 aliphatic heterocycles. The molecular weight excluding hydrogens is 280 g/mol. The number of amides is 1. The molecule has 1 aromatic heterocycles. The summed E-state index contributed by atoms with van der Waals surface area (Å²) in [6.07, 6.45) is 1.67. The van der Waals surface area contributed by atoms with Crippen LogP contribution in [0.5, 0.6) is 0 Å². The number of aromatic nitrogens is 1. The number of halogens is 2. The van der Waals surface area contributed by atoms with Gasteiger partial charge in [0.15, 0.2) is 11.5 Å². The second-order valence-corrected chi connectivity index (χ2v) is 5.51. The Bertz CT molecular complexity index is 555. The largest absolute Gasteiger partial charge is 0.374 e. The van der Waals surface area contributed by atoms with E-state index in [9.17, 15) is 13.6 Å². The lowest BCUT2D eigenvalue weighted by Gasteiger charge is -2.46.